The smallest absolute Gasteiger partial charge is 0.307 e. The Hall–Kier alpha value is -3.16. The van der Waals surface area contributed by atoms with E-state index in [9.17, 15) is 19.7 Å². The number of carbonyl (C=O) groups is 2. The lowest BCUT2D eigenvalue weighted by Crippen LogP contribution is -2.32. The summed E-state index contributed by atoms with van der Waals surface area (Å²) in [6.07, 6.45) is 1.51. The van der Waals surface area contributed by atoms with Gasteiger partial charge in [0.2, 0.25) is 0 Å². The first-order valence-electron chi connectivity index (χ1n) is 7.73. The average Bonchev–Trinajstić information content (AvgIpc) is 3.11. The van der Waals surface area contributed by atoms with Gasteiger partial charge in [-0.25, -0.2) is 0 Å². The van der Waals surface area contributed by atoms with E-state index in [-0.39, 0.29) is 37.4 Å². The molecule has 0 atom stereocenters. The van der Waals surface area contributed by atoms with Crippen molar-refractivity contribution >= 4 is 17.6 Å². The number of hydrogen-bond acceptors (Lipinski definition) is 6. The van der Waals surface area contributed by atoms with E-state index in [1.165, 1.54) is 35.4 Å². The summed E-state index contributed by atoms with van der Waals surface area (Å²) < 4.78 is 10.1. The van der Waals surface area contributed by atoms with Gasteiger partial charge in [0.15, 0.2) is 0 Å². The maximum atomic E-state index is 12.7. The molecule has 132 valence electrons. The van der Waals surface area contributed by atoms with Crippen molar-refractivity contribution in [1.82, 2.24) is 4.90 Å². The topological polar surface area (TPSA) is 103 Å². The first kappa shape index (κ1) is 18.2. The molecule has 0 saturated carbocycles. The van der Waals surface area contributed by atoms with Gasteiger partial charge in [-0.15, -0.1) is 0 Å². The number of esters is 1. The minimum Gasteiger partial charge on any atom is -0.467 e. The van der Waals surface area contributed by atoms with E-state index in [1.54, 1.807) is 19.1 Å². The quantitative estimate of drug-likeness (QED) is 0.414. The molecule has 1 heterocycles. The number of ether oxygens (including phenoxy) is 1. The molecule has 1 aromatic carbocycles. The third kappa shape index (κ3) is 5.17. The number of nitro benzene ring substituents is 1. The number of benzene rings is 1. The van der Waals surface area contributed by atoms with Crippen molar-refractivity contribution in [2.45, 2.75) is 19.9 Å². The van der Waals surface area contributed by atoms with Crippen molar-refractivity contribution < 1.29 is 23.7 Å². The maximum absolute atomic E-state index is 12.7. The minimum absolute atomic E-state index is 0.0230. The van der Waals surface area contributed by atoms with Gasteiger partial charge < -0.3 is 14.1 Å². The number of amides is 1. The van der Waals surface area contributed by atoms with E-state index in [2.05, 4.69) is 0 Å². The van der Waals surface area contributed by atoms with E-state index in [0.717, 1.165) is 0 Å². The van der Waals surface area contributed by atoms with Gasteiger partial charge >= 0.3 is 5.97 Å². The van der Waals surface area contributed by atoms with Crippen LogP contribution in [0.1, 0.15) is 29.5 Å². The molecular formula is C17H18N2O6. The van der Waals surface area contributed by atoms with E-state index in [4.69, 9.17) is 9.15 Å². The van der Waals surface area contributed by atoms with Crippen LogP contribution >= 0.6 is 0 Å². The summed E-state index contributed by atoms with van der Waals surface area (Å²) >= 11 is 0. The molecule has 1 aromatic heterocycles. The third-order valence-electron chi connectivity index (χ3n) is 3.41. The molecule has 0 unspecified atom stereocenters. The Balaban J connectivity index is 2.17. The summed E-state index contributed by atoms with van der Waals surface area (Å²) in [6, 6.07) is 8.86. The van der Waals surface area contributed by atoms with Gasteiger partial charge in [-0.3, -0.25) is 19.7 Å². The maximum Gasteiger partial charge on any atom is 0.307 e. The van der Waals surface area contributed by atoms with Gasteiger partial charge in [-0.2, -0.15) is 0 Å². The predicted octanol–water partition coefficient (Wildman–Crippen LogP) is 2.78. The van der Waals surface area contributed by atoms with Crippen LogP contribution in [-0.4, -0.2) is 34.9 Å². The Kier molecular flexibility index (Phi) is 6.27. The largest absolute Gasteiger partial charge is 0.467 e. The summed E-state index contributed by atoms with van der Waals surface area (Å²) in [5.41, 5.74) is -0.00111. The molecule has 0 aliphatic rings. The molecule has 25 heavy (non-hydrogen) atoms. The predicted molar refractivity (Wildman–Crippen MR) is 87.8 cm³/mol. The Labute approximate surface area is 144 Å². The van der Waals surface area contributed by atoms with Gasteiger partial charge in [0.05, 0.1) is 30.8 Å². The van der Waals surface area contributed by atoms with Crippen molar-refractivity contribution in [3.63, 3.8) is 0 Å². The lowest BCUT2D eigenvalue weighted by atomic mass is 10.1. The molecule has 0 spiro atoms. The van der Waals surface area contributed by atoms with Crippen LogP contribution in [0.5, 0.6) is 0 Å². The van der Waals surface area contributed by atoms with Crippen LogP contribution in [0.25, 0.3) is 0 Å². The van der Waals surface area contributed by atoms with Gasteiger partial charge in [0, 0.05) is 24.2 Å². The zero-order valence-electron chi connectivity index (χ0n) is 13.7. The molecule has 1 amide bonds. The van der Waals surface area contributed by atoms with Gasteiger partial charge in [-0.05, 0) is 25.1 Å². The van der Waals surface area contributed by atoms with Crippen LogP contribution in [0, 0.1) is 10.1 Å². The SMILES string of the molecule is CCOC(=O)CCN(Cc1ccco1)C(=O)c1cccc([N+](=O)[O-])c1. The number of nitrogens with zero attached hydrogens (tertiary/aromatic N) is 2. The van der Waals surface area contributed by atoms with Crippen LogP contribution in [0.2, 0.25) is 0 Å². The lowest BCUT2D eigenvalue weighted by Gasteiger charge is -2.21. The highest BCUT2D eigenvalue weighted by Crippen LogP contribution is 2.17. The van der Waals surface area contributed by atoms with E-state index in [0.29, 0.717) is 5.76 Å². The van der Waals surface area contributed by atoms with Crippen molar-refractivity contribution in [1.29, 1.82) is 0 Å². The number of rotatable bonds is 8. The molecule has 0 bridgehead atoms. The zero-order chi connectivity index (χ0) is 18.2. The fourth-order valence-electron chi connectivity index (χ4n) is 2.24. The normalized spacial score (nSPS) is 10.3. The highest BCUT2D eigenvalue weighted by atomic mass is 16.6. The highest BCUT2D eigenvalue weighted by Gasteiger charge is 2.20. The number of carbonyl (C=O) groups excluding carboxylic acids is 2. The monoisotopic (exact) mass is 346 g/mol. The molecule has 2 rings (SSSR count). The van der Waals surface area contributed by atoms with Gasteiger partial charge in [0.25, 0.3) is 11.6 Å². The van der Waals surface area contributed by atoms with E-state index < -0.39 is 16.8 Å². The summed E-state index contributed by atoms with van der Waals surface area (Å²) in [5, 5.41) is 10.9. The van der Waals surface area contributed by atoms with Crippen LogP contribution in [0.15, 0.2) is 47.1 Å². The van der Waals surface area contributed by atoms with E-state index in [1.807, 2.05) is 0 Å². The molecule has 0 fully saturated rings. The first-order valence-corrected chi connectivity index (χ1v) is 7.73. The molecule has 0 N–H and O–H groups in total. The molecule has 8 heteroatoms. The zero-order valence-corrected chi connectivity index (χ0v) is 13.7. The van der Waals surface area contributed by atoms with Crippen LogP contribution < -0.4 is 0 Å². The van der Waals surface area contributed by atoms with Crippen LogP contribution in [0.4, 0.5) is 5.69 Å². The van der Waals surface area contributed by atoms with Crippen LogP contribution in [-0.2, 0) is 16.1 Å². The minimum atomic E-state index is -0.563. The Morgan fingerprint density at radius 3 is 2.72 bits per heavy atom. The second-order valence-electron chi connectivity index (χ2n) is 5.17. The van der Waals surface area contributed by atoms with Crippen molar-refractivity contribution in [2.24, 2.45) is 0 Å². The fraction of sp³-hybridized carbons (Fsp3) is 0.294. The number of nitro groups is 1. The standard InChI is InChI=1S/C17H18N2O6/c1-2-24-16(20)8-9-18(12-15-7-4-10-25-15)17(21)13-5-3-6-14(11-13)19(22)23/h3-7,10-11H,2,8-9,12H2,1H3. The van der Waals surface area contributed by atoms with Gasteiger partial charge in [-0.1, -0.05) is 6.07 Å². The third-order valence-corrected chi connectivity index (χ3v) is 3.41. The van der Waals surface area contributed by atoms with Crippen molar-refractivity contribution in [3.8, 4) is 0 Å². The summed E-state index contributed by atoms with van der Waals surface area (Å²) in [6.45, 7) is 2.22. The Bertz CT molecular complexity index is 741. The molecule has 0 saturated heterocycles. The highest BCUT2D eigenvalue weighted by molar-refractivity contribution is 5.95. The first-order chi connectivity index (χ1) is 12.0. The summed E-state index contributed by atoms with van der Waals surface area (Å²) in [7, 11) is 0. The molecule has 8 nitrogen and oxygen atoms in total. The molecule has 2 aromatic rings. The van der Waals surface area contributed by atoms with Gasteiger partial charge in [0.1, 0.15) is 5.76 Å². The second-order valence-corrected chi connectivity index (χ2v) is 5.17. The number of non-ortho nitro benzene ring substituents is 1. The number of hydrogen-bond donors (Lipinski definition) is 0. The fourth-order valence-corrected chi connectivity index (χ4v) is 2.24. The second kappa shape index (κ2) is 8.62. The summed E-state index contributed by atoms with van der Waals surface area (Å²) in [4.78, 5) is 36.0. The summed E-state index contributed by atoms with van der Waals surface area (Å²) in [5.74, 6) is -0.300. The lowest BCUT2D eigenvalue weighted by molar-refractivity contribution is -0.384. The Morgan fingerprint density at radius 1 is 1.28 bits per heavy atom. The molecule has 0 radical (unpaired) electrons. The van der Waals surface area contributed by atoms with Crippen LogP contribution in [0.3, 0.4) is 0 Å². The molecular weight excluding hydrogens is 328 g/mol. The molecule has 0 aliphatic carbocycles. The van der Waals surface area contributed by atoms with Crippen molar-refractivity contribution in [3.05, 3.63) is 64.1 Å². The van der Waals surface area contributed by atoms with Crippen molar-refractivity contribution in [2.75, 3.05) is 13.2 Å². The number of furan rings is 1. The Morgan fingerprint density at radius 2 is 2.08 bits per heavy atom. The molecule has 0 aliphatic heterocycles. The van der Waals surface area contributed by atoms with E-state index >= 15 is 0 Å². The average molecular weight is 346 g/mol.